The number of ether oxygens (including phenoxy) is 1. The van der Waals surface area contributed by atoms with Gasteiger partial charge in [-0.2, -0.15) is 0 Å². The summed E-state index contributed by atoms with van der Waals surface area (Å²) < 4.78 is 4.80. The SMILES string of the molecule is COCCNC(=O)Cc1nc(CO)cs1. The van der Waals surface area contributed by atoms with E-state index < -0.39 is 0 Å². The first-order valence-electron chi connectivity index (χ1n) is 4.56. The van der Waals surface area contributed by atoms with Crippen LogP contribution < -0.4 is 5.32 Å². The highest BCUT2D eigenvalue weighted by molar-refractivity contribution is 7.09. The number of aromatic nitrogens is 1. The molecule has 0 aromatic carbocycles. The molecule has 0 unspecified atom stereocenters. The highest BCUT2D eigenvalue weighted by Gasteiger charge is 2.06. The lowest BCUT2D eigenvalue weighted by atomic mass is 10.4. The van der Waals surface area contributed by atoms with E-state index in [1.54, 1.807) is 12.5 Å². The third-order valence-corrected chi connectivity index (χ3v) is 2.60. The number of thiazole rings is 1. The lowest BCUT2D eigenvalue weighted by Gasteiger charge is -2.01. The van der Waals surface area contributed by atoms with E-state index in [1.165, 1.54) is 11.3 Å². The second-order valence-corrected chi connectivity index (χ2v) is 3.85. The van der Waals surface area contributed by atoms with Crippen LogP contribution in [0.5, 0.6) is 0 Å². The Morgan fingerprint density at radius 1 is 1.73 bits per heavy atom. The third kappa shape index (κ3) is 4.37. The van der Waals surface area contributed by atoms with Crippen LogP contribution in [0.15, 0.2) is 5.38 Å². The molecule has 0 radical (unpaired) electrons. The smallest absolute Gasteiger partial charge is 0.226 e. The molecule has 84 valence electrons. The average molecular weight is 230 g/mol. The topological polar surface area (TPSA) is 71.5 Å². The van der Waals surface area contributed by atoms with E-state index in [4.69, 9.17) is 9.84 Å². The van der Waals surface area contributed by atoms with Crippen molar-refractivity contribution in [1.29, 1.82) is 0 Å². The largest absolute Gasteiger partial charge is 0.390 e. The van der Waals surface area contributed by atoms with Crippen LogP contribution in [0, 0.1) is 0 Å². The maximum atomic E-state index is 11.3. The summed E-state index contributed by atoms with van der Waals surface area (Å²) in [5.41, 5.74) is 0.611. The fourth-order valence-electron chi connectivity index (χ4n) is 0.995. The number of amides is 1. The van der Waals surface area contributed by atoms with Gasteiger partial charge in [0.15, 0.2) is 0 Å². The summed E-state index contributed by atoms with van der Waals surface area (Å²) in [5.74, 6) is -0.0779. The quantitative estimate of drug-likeness (QED) is 0.672. The number of carbonyl (C=O) groups is 1. The number of nitrogens with zero attached hydrogens (tertiary/aromatic N) is 1. The minimum absolute atomic E-state index is 0.0779. The zero-order valence-corrected chi connectivity index (χ0v) is 9.34. The number of hydrogen-bond acceptors (Lipinski definition) is 5. The molecule has 1 amide bonds. The first kappa shape index (κ1) is 12.1. The van der Waals surface area contributed by atoms with Gasteiger partial charge in [0.25, 0.3) is 0 Å². The van der Waals surface area contributed by atoms with E-state index >= 15 is 0 Å². The molecular weight excluding hydrogens is 216 g/mol. The Bertz CT molecular complexity index is 314. The number of aliphatic hydroxyl groups excluding tert-OH is 1. The summed E-state index contributed by atoms with van der Waals surface area (Å²) in [6, 6.07) is 0. The molecule has 0 spiro atoms. The molecule has 1 aromatic heterocycles. The van der Waals surface area contributed by atoms with Gasteiger partial charge in [0.05, 0.1) is 25.3 Å². The van der Waals surface area contributed by atoms with Crippen LogP contribution in [0.3, 0.4) is 0 Å². The van der Waals surface area contributed by atoms with Crippen LogP contribution >= 0.6 is 11.3 Å². The van der Waals surface area contributed by atoms with Gasteiger partial charge in [0.2, 0.25) is 5.91 Å². The van der Waals surface area contributed by atoms with Crippen molar-refractivity contribution in [3.63, 3.8) is 0 Å². The predicted octanol–water partition coefficient (Wildman–Crippen LogP) is -0.0595. The van der Waals surface area contributed by atoms with Crippen molar-refractivity contribution in [2.45, 2.75) is 13.0 Å². The van der Waals surface area contributed by atoms with Crippen molar-refractivity contribution in [2.75, 3.05) is 20.3 Å². The number of aliphatic hydroxyl groups is 1. The van der Waals surface area contributed by atoms with E-state index in [0.29, 0.717) is 23.9 Å². The first-order valence-corrected chi connectivity index (χ1v) is 5.44. The molecule has 2 N–H and O–H groups in total. The molecule has 0 aliphatic carbocycles. The Morgan fingerprint density at radius 3 is 3.13 bits per heavy atom. The summed E-state index contributed by atoms with van der Waals surface area (Å²) in [5, 5.41) is 13.9. The molecule has 1 heterocycles. The number of carbonyl (C=O) groups excluding carboxylic acids is 1. The van der Waals surface area contributed by atoms with Crippen molar-refractivity contribution in [3.8, 4) is 0 Å². The lowest BCUT2D eigenvalue weighted by molar-refractivity contribution is -0.120. The molecule has 6 heteroatoms. The van der Waals surface area contributed by atoms with Gasteiger partial charge in [-0.3, -0.25) is 4.79 Å². The van der Waals surface area contributed by atoms with Crippen molar-refractivity contribution in [1.82, 2.24) is 10.3 Å². The fourth-order valence-corrected chi connectivity index (χ4v) is 1.78. The molecule has 0 saturated carbocycles. The van der Waals surface area contributed by atoms with Gasteiger partial charge in [0, 0.05) is 19.0 Å². The molecule has 5 nitrogen and oxygen atoms in total. The molecule has 0 fully saturated rings. The molecule has 0 bridgehead atoms. The molecule has 0 saturated heterocycles. The fraction of sp³-hybridized carbons (Fsp3) is 0.556. The van der Waals surface area contributed by atoms with E-state index in [1.807, 2.05) is 0 Å². The van der Waals surface area contributed by atoms with E-state index in [2.05, 4.69) is 10.3 Å². The molecule has 0 atom stereocenters. The minimum Gasteiger partial charge on any atom is -0.390 e. The average Bonchev–Trinajstić information content (AvgIpc) is 2.66. The third-order valence-electron chi connectivity index (χ3n) is 1.70. The van der Waals surface area contributed by atoms with Crippen molar-refractivity contribution >= 4 is 17.2 Å². The van der Waals surface area contributed by atoms with E-state index in [0.717, 1.165) is 0 Å². The van der Waals surface area contributed by atoms with Crippen molar-refractivity contribution in [3.05, 3.63) is 16.1 Å². The summed E-state index contributed by atoms with van der Waals surface area (Å²) >= 11 is 1.38. The van der Waals surface area contributed by atoms with E-state index in [-0.39, 0.29) is 18.9 Å². The molecule has 0 aliphatic heterocycles. The Balaban J connectivity index is 2.31. The predicted molar refractivity (Wildman–Crippen MR) is 56.6 cm³/mol. The van der Waals surface area contributed by atoms with Gasteiger partial charge in [0.1, 0.15) is 5.01 Å². The number of rotatable bonds is 6. The highest BCUT2D eigenvalue weighted by atomic mass is 32.1. The normalized spacial score (nSPS) is 10.3. The Labute approximate surface area is 92.1 Å². The summed E-state index contributed by atoms with van der Waals surface area (Å²) in [4.78, 5) is 15.4. The van der Waals surface area contributed by atoms with Crippen molar-refractivity contribution in [2.24, 2.45) is 0 Å². The van der Waals surface area contributed by atoms with Crippen molar-refractivity contribution < 1.29 is 14.6 Å². The van der Waals surface area contributed by atoms with Crippen LogP contribution in [-0.4, -0.2) is 36.3 Å². The standard InChI is InChI=1S/C9H14N2O3S/c1-14-3-2-10-8(13)4-9-11-7(5-12)6-15-9/h6,12H,2-5H2,1H3,(H,10,13). The molecule has 1 rings (SSSR count). The minimum atomic E-state index is -0.0816. The van der Waals surface area contributed by atoms with Gasteiger partial charge in [-0.25, -0.2) is 4.98 Å². The van der Waals surface area contributed by atoms with Gasteiger partial charge < -0.3 is 15.2 Å². The van der Waals surface area contributed by atoms with Gasteiger partial charge >= 0.3 is 0 Å². The molecule has 0 aliphatic rings. The zero-order chi connectivity index (χ0) is 11.1. The van der Waals surface area contributed by atoms with Crippen LogP contribution in [0.4, 0.5) is 0 Å². The summed E-state index contributed by atoms with van der Waals surface area (Å²) in [7, 11) is 1.58. The maximum absolute atomic E-state index is 11.3. The van der Waals surface area contributed by atoms with Crippen LogP contribution in [-0.2, 0) is 22.6 Å². The Morgan fingerprint density at radius 2 is 2.53 bits per heavy atom. The second kappa shape index (κ2) is 6.49. The number of hydrogen-bond donors (Lipinski definition) is 2. The monoisotopic (exact) mass is 230 g/mol. The number of nitrogens with one attached hydrogen (secondary N) is 1. The van der Waals surface area contributed by atoms with Gasteiger partial charge in [-0.1, -0.05) is 0 Å². The van der Waals surface area contributed by atoms with Crippen LogP contribution in [0.1, 0.15) is 10.7 Å². The van der Waals surface area contributed by atoms with E-state index in [9.17, 15) is 4.79 Å². The molecule has 15 heavy (non-hydrogen) atoms. The highest BCUT2D eigenvalue weighted by Crippen LogP contribution is 2.09. The maximum Gasteiger partial charge on any atom is 0.226 e. The molecule has 1 aromatic rings. The lowest BCUT2D eigenvalue weighted by Crippen LogP contribution is -2.28. The second-order valence-electron chi connectivity index (χ2n) is 2.91. The van der Waals surface area contributed by atoms with Crippen LogP contribution in [0.2, 0.25) is 0 Å². The number of methoxy groups -OCH3 is 1. The summed E-state index contributed by atoms with van der Waals surface area (Å²) in [6.45, 7) is 0.931. The van der Waals surface area contributed by atoms with Gasteiger partial charge in [-0.15, -0.1) is 11.3 Å². The zero-order valence-electron chi connectivity index (χ0n) is 8.52. The Hall–Kier alpha value is -0.980. The first-order chi connectivity index (χ1) is 7.26. The summed E-state index contributed by atoms with van der Waals surface area (Å²) in [6.07, 6.45) is 0.258. The molecular formula is C9H14N2O3S. The van der Waals surface area contributed by atoms with Gasteiger partial charge in [-0.05, 0) is 0 Å². The Kier molecular flexibility index (Phi) is 5.23. The van der Waals surface area contributed by atoms with Crippen LogP contribution in [0.25, 0.3) is 0 Å².